The molecule has 0 N–H and O–H groups in total. The highest BCUT2D eigenvalue weighted by atomic mass is 35.5. The zero-order valence-corrected chi connectivity index (χ0v) is 19.3. The number of anilines is 1. The van der Waals surface area contributed by atoms with Gasteiger partial charge in [0.1, 0.15) is 18.2 Å². The van der Waals surface area contributed by atoms with Gasteiger partial charge in [0.15, 0.2) is 0 Å². The molecule has 0 amide bonds. The molecular formula is C25H31ClFN3O. The Kier molecular flexibility index (Phi) is 9.97. The van der Waals surface area contributed by atoms with Gasteiger partial charge in [0, 0.05) is 36.3 Å². The second-order valence-electron chi connectivity index (χ2n) is 8.10. The smallest absolute Gasteiger partial charge is 0.128 e. The fourth-order valence-corrected chi connectivity index (χ4v) is 3.92. The van der Waals surface area contributed by atoms with Crippen LogP contribution >= 0.6 is 11.6 Å². The Hall–Kier alpha value is -2.42. The highest BCUT2D eigenvalue weighted by Crippen LogP contribution is 2.29. The van der Waals surface area contributed by atoms with Crippen LogP contribution in [0, 0.1) is 23.1 Å². The topological polar surface area (TPSA) is 47.3 Å². The maximum absolute atomic E-state index is 14.1. The number of carbonyl (C=O) groups is 1. The van der Waals surface area contributed by atoms with E-state index in [0.29, 0.717) is 28.7 Å². The van der Waals surface area contributed by atoms with Gasteiger partial charge in [-0.15, -0.1) is 0 Å². The molecule has 2 unspecified atom stereocenters. The molecule has 0 saturated carbocycles. The first kappa shape index (κ1) is 24.8. The van der Waals surface area contributed by atoms with Crippen LogP contribution in [-0.4, -0.2) is 37.4 Å². The number of nitrogens with zero attached hydrogens (tertiary/aromatic N) is 3. The van der Waals surface area contributed by atoms with Crippen molar-refractivity contribution < 1.29 is 9.18 Å². The number of halogens is 2. The van der Waals surface area contributed by atoms with Crippen LogP contribution in [0.2, 0.25) is 5.02 Å². The summed E-state index contributed by atoms with van der Waals surface area (Å²) in [7, 11) is 2.09. The molecule has 0 radical (unpaired) electrons. The fourth-order valence-electron chi connectivity index (χ4n) is 3.70. The average molecular weight is 444 g/mol. The molecule has 1 heterocycles. The maximum Gasteiger partial charge on any atom is 0.128 e. The van der Waals surface area contributed by atoms with Crippen LogP contribution in [0.1, 0.15) is 44.2 Å². The standard InChI is InChI=1S/C19H19ClFN3.C6H12O/c1-23-9-8-17(13-23)24(12-15-4-2-3-5-19(15)21)16-7-6-14(11-22)18(20)10-16;1-3-4-6(2)5-7/h2-7,10,17H,8-9,12-13H2,1H3;5-6H,3-4H2,1-2H3. The second-order valence-corrected chi connectivity index (χ2v) is 8.51. The molecular weight excluding hydrogens is 413 g/mol. The van der Waals surface area contributed by atoms with Gasteiger partial charge in [-0.3, -0.25) is 0 Å². The third-order valence-corrected chi connectivity index (χ3v) is 5.80. The van der Waals surface area contributed by atoms with Crippen molar-refractivity contribution in [1.29, 1.82) is 5.26 Å². The molecule has 4 nitrogen and oxygen atoms in total. The molecule has 2 atom stereocenters. The number of nitriles is 1. The first-order valence-electron chi connectivity index (χ1n) is 10.7. The second kappa shape index (κ2) is 12.4. The van der Waals surface area contributed by atoms with Crippen molar-refractivity contribution in [2.75, 3.05) is 25.0 Å². The number of rotatable bonds is 7. The molecule has 2 aromatic carbocycles. The summed E-state index contributed by atoms with van der Waals surface area (Å²) in [5, 5.41) is 9.49. The lowest BCUT2D eigenvalue weighted by molar-refractivity contribution is -0.110. The minimum absolute atomic E-state index is 0.200. The Bertz CT molecular complexity index is 899. The molecule has 0 aliphatic carbocycles. The molecule has 1 aliphatic rings. The molecule has 0 bridgehead atoms. The first-order valence-corrected chi connectivity index (χ1v) is 11.1. The van der Waals surface area contributed by atoms with Gasteiger partial charge in [-0.25, -0.2) is 4.39 Å². The monoisotopic (exact) mass is 443 g/mol. The zero-order valence-electron chi connectivity index (χ0n) is 18.5. The Morgan fingerprint density at radius 2 is 2.10 bits per heavy atom. The lowest BCUT2D eigenvalue weighted by atomic mass is 10.1. The molecule has 1 saturated heterocycles. The summed E-state index contributed by atoms with van der Waals surface area (Å²) in [6.07, 6.45) is 4.16. The average Bonchev–Trinajstić information content (AvgIpc) is 3.19. The summed E-state index contributed by atoms with van der Waals surface area (Å²) in [5.74, 6) is 0.0681. The first-order chi connectivity index (χ1) is 14.9. The molecule has 0 spiro atoms. The van der Waals surface area contributed by atoms with Crippen molar-refractivity contribution >= 4 is 23.6 Å². The molecule has 3 rings (SSSR count). The van der Waals surface area contributed by atoms with Gasteiger partial charge in [-0.2, -0.15) is 5.26 Å². The minimum atomic E-state index is -0.200. The predicted molar refractivity (Wildman–Crippen MR) is 125 cm³/mol. The lowest BCUT2D eigenvalue weighted by Gasteiger charge is -2.31. The Labute approximate surface area is 190 Å². The van der Waals surface area contributed by atoms with E-state index in [1.165, 1.54) is 6.07 Å². The highest BCUT2D eigenvalue weighted by Gasteiger charge is 2.27. The van der Waals surface area contributed by atoms with E-state index < -0.39 is 0 Å². The van der Waals surface area contributed by atoms with Crippen molar-refractivity contribution in [2.24, 2.45) is 5.92 Å². The number of likely N-dealkylation sites (N-methyl/N-ethyl adjacent to an activating group) is 1. The number of aldehydes is 1. The normalized spacial score (nSPS) is 16.7. The Morgan fingerprint density at radius 1 is 1.35 bits per heavy atom. The predicted octanol–water partition coefficient (Wildman–Crippen LogP) is 5.68. The molecule has 1 aliphatic heterocycles. The van der Waals surface area contributed by atoms with E-state index in [-0.39, 0.29) is 11.7 Å². The van der Waals surface area contributed by atoms with E-state index in [9.17, 15) is 9.18 Å². The van der Waals surface area contributed by atoms with Crippen LogP contribution < -0.4 is 4.90 Å². The summed E-state index contributed by atoms with van der Waals surface area (Å²) in [6, 6.07) is 14.6. The van der Waals surface area contributed by atoms with Gasteiger partial charge >= 0.3 is 0 Å². The summed E-state index contributed by atoms with van der Waals surface area (Å²) in [5.41, 5.74) is 2.03. The van der Waals surface area contributed by atoms with E-state index in [1.54, 1.807) is 18.2 Å². The molecule has 2 aromatic rings. The molecule has 1 fully saturated rings. The summed E-state index contributed by atoms with van der Waals surface area (Å²) >= 11 is 6.21. The maximum atomic E-state index is 14.1. The van der Waals surface area contributed by atoms with Crippen LogP contribution in [0.15, 0.2) is 42.5 Å². The van der Waals surface area contributed by atoms with Crippen LogP contribution in [0.25, 0.3) is 0 Å². The van der Waals surface area contributed by atoms with E-state index in [0.717, 1.165) is 44.3 Å². The third-order valence-electron chi connectivity index (χ3n) is 5.49. The number of likely N-dealkylation sites (tertiary alicyclic amines) is 1. The zero-order chi connectivity index (χ0) is 22.8. The highest BCUT2D eigenvalue weighted by molar-refractivity contribution is 6.32. The Morgan fingerprint density at radius 3 is 2.61 bits per heavy atom. The van der Waals surface area contributed by atoms with Gasteiger partial charge in [-0.05, 0) is 50.7 Å². The minimum Gasteiger partial charge on any atom is -0.363 e. The van der Waals surface area contributed by atoms with Gasteiger partial charge in [0.05, 0.1) is 10.6 Å². The molecule has 0 aromatic heterocycles. The summed E-state index contributed by atoms with van der Waals surface area (Å²) < 4.78 is 14.1. The number of hydrogen-bond acceptors (Lipinski definition) is 4. The van der Waals surface area contributed by atoms with Crippen LogP contribution in [-0.2, 0) is 11.3 Å². The Balaban J connectivity index is 0.000000423. The van der Waals surface area contributed by atoms with Gasteiger partial charge in [-0.1, -0.05) is 50.1 Å². The molecule has 31 heavy (non-hydrogen) atoms. The van der Waals surface area contributed by atoms with Crippen molar-refractivity contribution in [3.8, 4) is 6.07 Å². The van der Waals surface area contributed by atoms with E-state index in [1.807, 2.05) is 25.1 Å². The quantitative estimate of drug-likeness (QED) is 0.516. The summed E-state index contributed by atoms with van der Waals surface area (Å²) in [4.78, 5) is 14.4. The molecule has 6 heteroatoms. The van der Waals surface area contributed by atoms with Gasteiger partial charge < -0.3 is 14.6 Å². The molecule has 166 valence electrons. The number of carbonyl (C=O) groups excluding carboxylic acids is 1. The van der Waals surface area contributed by atoms with Crippen molar-refractivity contribution in [3.05, 3.63) is 64.4 Å². The van der Waals surface area contributed by atoms with Crippen molar-refractivity contribution in [1.82, 2.24) is 4.90 Å². The van der Waals surface area contributed by atoms with E-state index in [2.05, 4.69) is 29.8 Å². The SMILES string of the molecule is CCCC(C)C=O.CN1CCC(N(Cc2ccccc2F)c2ccc(C#N)c(Cl)c2)C1. The number of benzene rings is 2. The van der Waals surface area contributed by atoms with Crippen LogP contribution in [0.4, 0.5) is 10.1 Å². The van der Waals surface area contributed by atoms with Gasteiger partial charge in [0.2, 0.25) is 0 Å². The third kappa shape index (κ3) is 7.34. The van der Waals surface area contributed by atoms with E-state index in [4.69, 9.17) is 16.9 Å². The van der Waals surface area contributed by atoms with Crippen LogP contribution in [0.3, 0.4) is 0 Å². The lowest BCUT2D eigenvalue weighted by Crippen LogP contribution is -2.37. The summed E-state index contributed by atoms with van der Waals surface area (Å²) in [6.45, 7) is 6.44. The van der Waals surface area contributed by atoms with Crippen molar-refractivity contribution in [3.63, 3.8) is 0 Å². The van der Waals surface area contributed by atoms with Gasteiger partial charge in [0.25, 0.3) is 0 Å². The fraction of sp³-hybridized carbons (Fsp3) is 0.440. The van der Waals surface area contributed by atoms with Crippen LogP contribution in [0.5, 0.6) is 0 Å². The van der Waals surface area contributed by atoms with E-state index >= 15 is 0 Å². The van der Waals surface area contributed by atoms with Crippen molar-refractivity contribution in [2.45, 2.75) is 45.7 Å². The number of hydrogen-bond donors (Lipinski definition) is 0. The largest absolute Gasteiger partial charge is 0.363 e.